The molecule has 0 fully saturated rings. The van der Waals surface area contributed by atoms with Crippen molar-refractivity contribution in [1.82, 2.24) is 0 Å². The number of ether oxygens (including phenoxy) is 1. The van der Waals surface area contributed by atoms with Crippen molar-refractivity contribution in [3.8, 4) is 16.9 Å². The van der Waals surface area contributed by atoms with E-state index < -0.39 is 0 Å². The van der Waals surface area contributed by atoms with Gasteiger partial charge in [0.15, 0.2) is 0 Å². The van der Waals surface area contributed by atoms with Gasteiger partial charge in [-0.3, -0.25) is 0 Å². The van der Waals surface area contributed by atoms with Gasteiger partial charge in [0, 0.05) is 11.6 Å². The van der Waals surface area contributed by atoms with Crippen LogP contribution in [-0.2, 0) is 6.54 Å². The van der Waals surface area contributed by atoms with Gasteiger partial charge in [0.1, 0.15) is 5.75 Å². The molecule has 0 amide bonds. The molecule has 0 saturated carbocycles. The van der Waals surface area contributed by atoms with Crippen LogP contribution in [0, 0.1) is 0 Å². The van der Waals surface area contributed by atoms with E-state index in [1.807, 2.05) is 49.4 Å². The predicted molar refractivity (Wildman–Crippen MR) is 75.9 cm³/mol. The molecule has 0 radical (unpaired) electrons. The van der Waals surface area contributed by atoms with Crippen molar-refractivity contribution in [1.29, 1.82) is 0 Å². The van der Waals surface area contributed by atoms with Crippen molar-refractivity contribution in [3.05, 3.63) is 53.1 Å². The normalized spacial score (nSPS) is 10.4. The summed E-state index contributed by atoms with van der Waals surface area (Å²) in [6.45, 7) is 3.09. The van der Waals surface area contributed by atoms with Gasteiger partial charge in [0.25, 0.3) is 0 Å². The Bertz CT molecular complexity index is 540. The van der Waals surface area contributed by atoms with Crippen LogP contribution in [0.3, 0.4) is 0 Å². The Morgan fingerprint density at radius 3 is 2.56 bits per heavy atom. The lowest BCUT2D eigenvalue weighted by atomic mass is 10.0. The second-order valence-electron chi connectivity index (χ2n) is 3.97. The fourth-order valence-corrected chi connectivity index (χ4v) is 2.08. The minimum atomic E-state index is 0.456. The molecule has 2 aromatic rings. The smallest absolute Gasteiger partial charge is 0.119 e. The number of nitrogens with two attached hydrogens (primary N) is 1. The zero-order chi connectivity index (χ0) is 13.0. The van der Waals surface area contributed by atoms with Crippen LogP contribution >= 0.6 is 11.6 Å². The van der Waals surface area contributed by atoms with Crippen LogP contribution in [0.25, 0.3) is 11.1 Å². The molecular weight excluding hydrogens is 246 g/mol. The molecule has 0 heterocycles. The highest BCUT2D eigenvalue weighted by Crippen LogP contribution is 2.27. The van der Waals surface area contributed by atoms with Crippen LogP contribution < -0.4 is 10.5 Å². The number of rotatable bonds is 4. The van der Waals surface area contributed by atoms with E-state index in [4.69, 9.17) is 22.1 Å². The van der Waals surface area contributed by atoms with Crippen molar-refractivity contribution in [2.24, 2.45) is 5.73 Å². The fourth-order valence-electron chi connectivity index (χ4n) is 1.82. The van der Waals surface area contributed by atoms with Crippen LogP contribution in [0.5, 0.6) is 5.75 Å². The van der Waals surface area contributed by atoms with Crippen LogP contribution in [-0.4, -0.2) is 6.61 Å². The molecule has 0 aliphatic heterocycles. The minimum Gasteiger partial charge on any atom is -0.494 e. The van der Waals surface area contributed by atoms with Gasteiger partial charge in [-0.2, -0.15) is 0 Å². The number of hydrogen-bond donors (Lipinski definition) is 1. The van der Waals surface area contributed by atoms with E-state index in [9.17, 15) is 0 Å². The van der Waals surface area contributed by atoms with Crippen molar-refractivity contribution in [2.75, 3.05) is 6.61 Å². The van der Waals surface area contributed by atoms with Gasteiger partial charge in [0.05, 0.1) is 6.61 Å². The summed E-state index contributed by atoms with van der Waals surface area (Å²) in [6.07, 6.45) is 0. The Morgan fingerprint density at radius 2 is 1.89 bits per heavy atom. The molecule has 2 aromatic carbocycles. The number of benzene rings is 2. The molecule has 2 rings (SSSR count). The molecule has 3 heteroatoms. The first-order valence-electron chi connectivity index (χ1n) is 5.96. The number of halogens is 1. The third kappa shape index (κ3) is 2.84. The summed E-state index contributed by atoms with van der Waals surface area (Å²) < 4.78 is 5.49. The molecule has 94 valence electrons. The van der Waals surface area contributed by atoms with Gasteiger partial charge in [-0.1, -0.05) is 35.9 Å². The highest BCUT2D eigenvalue weighted by molar-refractivity contribution is 6.31. The lowest BCUT2D eigenvalue weighted by molar-refractivity contribution is 0.340. The van der Waals surface area contributed by atoms with Gasteiger partial charge in [-0.25, -0.2) is 0 Å². The maximum Gasteiger partial charge on any atom is 0.119 e. The van der Waals surface area contributed by atoms with E-state index in [1.54, 1.807) is 0 Å². The van der Waals surface area contributed by atoms with Crippen molar-refractivity contribution in [2.45, 2.75) is 13.5 Å². The molecule has 0 aromatic heterocycles. The Kier molecular flexibility index (Phi) is 4.24. The Morgan fingerprint density at radius 1 is 1.11 bits per heavy atom. The van der Waals surface area contributed by atoms with E-state index >= 15 is 0 Å². The Hall–Kier alpha value is -1.51. The van der Waals surface area contributed by atoms with Gasteiger partial charge in [-0.15, -0.1) is 0 Å². The van der Waals surface area contributed by atoms with Crippen molar-refractivity contribution in [3.63, 3.8) is 0 Å². The maximum atomic E-state index is 6.17. The second-order valence-corrected chi connectivity index (χ2v) is 4.38. The summed E-state index contributed by atoms with van der Waals surface area (Å²) in [7, 11) is 0. The van der Waals surface area contributed by atoms with Crippen LogP contribution in [0.2, 0.25) is 5.02 Å². The summed E-state index contributed by atoms with van der Waals surface area (Å²) >= 11 is 6.17. The Balaban J connectivity index is 2.36. The summed E-state index contributed by atoms with van der Waals surface area (Å²) in [5.41, 5.74) is 8.72. The SMILES string of the molecule is CCOc1cccc(-c2ccc(CN)c(Cl)c2)c1. The Labute approximate surface area is 112 Å². The third-order valence-electron chi connectivity index (χ3n) is 2.75. The average molecular weight is 262 g/mol. The zero-order valence-corrected chi connectivity index (χ0v) is 11.1. The molecule has 0 unspecified atom stereocenters. The predicted octanol–water partition coefficient (Wildman–Crippen LogP) is 3.86. The van der Waals surface area contributed by atoms with E-state index in [0.29, 0.717) is 18.2 Å². The van der Waals surface area contributed by atoms with Gasteiger partial charge in [-0.05, 0) is 41.8 Å². The van der Waals surface area contributed by atoms with Crippen molar-refractivity contribution >= 4 is 11.6 Å². The fraction of sp³-hybridized carbons (Fsp3) is 0.200. The highest BCUT2D eigenvalue weighted by atomic mass is 35.5. The van der Waals surface area contributed by atoms with Gasteiger partial charge < -0.3 is 10.5 Å². The average Bonchev–Trinajstić information content (AvgIpc) is 2.39. The van der Waals surface area contributed by atoms with Crippen LogP contribution in [0.4, 0.5) is 0 Å². The molecule has 0 aliphatic rings. The van der Waals surface area contributed by atoms with E-state index in [0.717, 1.165) is 22.4 Å². The molecule has 2 nitrogen and oxygen atoms in total. The molecule has 0 atom stereocenters. The van der Waals surface area contributed by atoms with Crippen molar-refractivity contribution < 1.29 is 4.74 Å². The zero-order valence-electron chi connectivity index (χ0n) is 10.3. The quantitative estimate of drug-likeness (QED) is 0.907. The maximum absolute atomic E-state index is 6.17. The first-order chi connectivity index (χ1) is 8.74. The van der Waals surface area contributed by atoms with E-state index in [-0.39, 0.29) is 0 Å². The summed E-state index contributed by atoms with van der Waals surface area (Å²) in [4.78, 5) is 0. The summed E-state index contributed by atoms with van der Waals surface area (Å²) in [5, 5.41) is 0.705. The topological polar surface area (TPSA) is 35.2 Å². The summed E-state index contributed by atoms with van der Waals surface area (Å²) in [6, 6.07) is 13.9. The minimum absolute atomic E-state index is 0.456. The lowest BCUT2D eigenvalue weighted by Crippen LogP contribution is -1.97. The van der Waals surface area contributed by atoms with Crippen LogP contribution in [0.15, 0.2) is 42.5 Å². The molecule has 0 aliphatic carbocycles. The molecule has 0 spiro atoms. The summed E-state index contributed by atoms with van der Waals surface area (Å²) in [5.74, 6) is 0.869. The first kappa shape index (κ1) is 12.9. The molecule has 2 N–H and O–H groups in total. The van der Waals surface area contributed by atoms with Gasteiger partial charge >= 0.3 is 0 Å². The molecule has 0 bridgehead atoms. The largest absolute Gasteiger partial charge is 0.494 e. The highest BCUT2D eigenvalue weighted by Gasteiger charge is 2.03. The monoisotopic (exact) mass is 261 g/mol. The van der Waals surface area contributed by atoms with Crippen LogP contribution in [0.1, 0.15) is 12.5 Å². The standard InChI is InChI=1S/C15H16ClNO/c1-2-18-14-5-3-4-11(8-14)12-6-7-13(10-17)15(16)9-12/h3-9H,2,10,17H2,1H3. The molecular formula is C15H16ClNO. The lowest BCUT2D eigenvalue weighted by Gasteiger charge is -2.08. The number of hydrogen-bond acceptors (Lipinski definition) is 2. The van der Waals surface area contributed by atoms with Gasteiger partial charge in [0.2, 0.25) is 0 Å². The first-order valence-corrected chi connectivity index (χ1v) is 6.34. The van der Waals surface area contributed by atoms with E-state index in [2.05, 4.69) is 0 Å². The van der Waals surface area contributed by atoms with E-state index in [1.165, 1.54) is 0 Å². The molecule has 18 heavy (non-hydrogen) atoms. The molecule has 0 saturated heterocycles. The third-order valence-corrected chi connectivity index (χ3v) is 3.10. The second kappa shape index (κ2) is 5.89.